The van der Waals surface area contributed by atoms with E-state index in [0.29, 0.717) is 6.61 Å². The predicted octanol–water partition coefficient (Wildman–Crippen LogP) is 6.06. The van der Waals surface area contributed by atoms with Gasteiger partial charge < -0.3 is 14.9 Å². The fraction of sp³-hybridized carbons (Fsp3) is 0.400. The molecule has 1 N–H and O–H groups in total. The number of nitrogens with one attached hydrogen (secondary N) is 1. The molecule has 0 bridgehead atoms. The first-order valence-corrected chi connectivity index (χ1v) is 10.4. The maximum atomic E-state index is 5.76. The van der Waals surface area contributed by atoms with Crippen LogP contribution >= 0.6 is 0 Å². The Morgan fingerprint density at radius 3 is 2.38 bits per heavy atom. The molecule has 0 aromatic heterocycles. The standard InChI is InChI=1S/C25H34N2O2/c1-5-6-16-29-24-17-20(2)25(21(3)18-24)26-15-9-7-8-10-22-11-13-23(14-12-22)19-27-28-4/h5-6,11-14,17-19,26H,7-10,15-16H2,1-4H3/b6-5+,27-19+. The molecule has 0 aliphatic heterocycles. The fourth-order valence-corrected chi connectivity index (χ4v) is 3.25. The Morgan fingerprint density at radius 2 is 1.72 bits per heavy atom. The molecule has 4 heteroatoms. The number of hydrogen-bond donors (Lipinski definition) is 1. The molecule has 0 aliphatic carbocycles. The number of ether oxygens (including phenoxy) is 1. The average Bonchev–Trinajstić information content (AvgIpc) is 2.71. The van der Waals surface area contributed by atoms with Crippen molar-refractivity contribution in [3.63, 3.8) is 0 Å². The molecule has 0 fully saturated rings. The van der Waals surface area contributed by atoms with Gasteiger partial charge in [0.15, 0.2) is 0 Å². The quantitative estimate of drug-likeness (QED) is 0.206. The minimum Gasteiger partial charge on any atom is -0.490 e. The predicted molar refractivity (Wildman–Crippen MR) is 123 cm³/mol. The van der Waals surface area contributed by atoms with Crippen LogP contribution in [0.15, 0.2) is 53.7 Å². The van der Waals surface area contributed by atoms with Crippen LogP contribution in [0.4, 0.5) is 5.69 Å². The van der Waals surface area contributed by atoms with Crippen LogP contribution < -0.4 is 10.1 Å². The van der Waals surface area contributed by atoms with E-state index >= 15 is 0 Å². The summed E-state index contributed by atoms with van der Waals surface area (Å²) in [4.78, 5) is 4.71. The molecule has 2 aromatic rings. The highest BCUT2D eigenvalue weighted by molar-refractivity contribution is 5.79. The summed E-state index contributed by atoms with van der Waals surface area (Å²) in [6.45, 7) is 7.89. The molecule has 0 saturated heterocycles. The number of anilines is 1. The molecule has 2 aromatic carbocycles. The molecule has 0 atom stereocenters. The summed E-state index contributed by atoms with van der Waals surface area (Å²) in [6.07, 6.45) is 10.4. The van der Waals surface area contributed by atoms with E-state index in [1.165, 1.54) is 35.2 Å². The summed E-state index contributed by atoms with van der Waals surface area (Å²) in [5.74, 6) is 0.933. The number of allylic oxidation sites excluding steroid dienone is 1. The summed E-state index contributed by atoms with van der Waals surface area (Å²) in [5.41, 5.74) is 6.13. The number of aryl methyl sites for hydroxylation is 3. The summed E-state index contributed by atoms with van der Waals surface area (Å²) in [7, 11) is 1.55. The van der Waals surface area contributed by atoms with Crippen molar-refractivity contribution in [1.82, 2.24) is 0 Å². The average molecular weight is 395 g/mol. The third kappa shape index (κ3) is 8.02. The van der Waals surface area contributed by atoms with E-state index in [1.54, 1.807) is 13.3 Å². The molecule has 0 heterocycles. The zero-order chi connectivity index (χ0) is 20.9. The van der Waals surface area contributed by atoms with E-state index in [-0.39, 0.29) is 0 Å². The van der Waals surface area contributed by atoms with Crippen molar-refractivity contribution in [2.45, 2.75) is 46.5 Å². The highest BCUT2D eigenvalue weighted by Gasteiger charge is 2.05. The van der Waals surface area contributed by atoms with Crippen LogP contribution in [0, 0.1) is 13.8 Å². The molecular formula is C25H34N2O2. The van der Waals surface area contributed by atoms with E-state index in [0.717, 1.165) is 30.7 Å². The van der Waals surface area contributed by atoms with Crippen LogP contribution in [-0.2, 0) is 11.3 Å². The van der Waals surface area contributed by atoms with Gasteiger partial charge in [0.2, 0.25) is 0 Å². The van der Waals surface area contributed by atoms with Crippen LogP contribution in [0.5, 0.6) is 5.75 Å². The summed E-state index contributed by atoms with van der Waals surface area (Å²) in [6, 6.07) is 12.7. The third-order valence-corrected chi connectivity index (χ3v) is 4.82. The van der Waals surface area contributed by atoms with E-state index in [2.05, 4.69) is 60.7 Å². The van der Waals surface area contributed by atoms with Crippen molar-refractivity contribution in [2.24, 2.45) is 5.16 Å². The Labute approximate surface area is 175 Å². The van der Waals surface area contributed by atoms with Gasteiger partial charge in [0.05, 0.1) is 6.21 Å². The SMILES string of the molecule is C/C=C/COc1cc(C)c(NCCCCCc2ccc(/C=N/OC)cc2)c(C)c1. The zero-order valence-corrected chi connectivity index (χ0v) is 18.2. The van der Waals surface area contributed by atoms with Gasteiger partial charge in [-0.05, 0) is 74.4 Å². The number of nitrogens with zero attached hydrogens (tertiary/aromatic N) is 1. The van der Waals surface area contributed by atoms with E-state index < -0.39 is 0 Å². The number of rotatable bonds is 12. The Balaban J connectivity index is 1.70. The molecular weight excluding hydrogens is 360 g/mol. The minimum atomic E-state index is 0.617. The van der Waals surface area contributed by atoms with Gasteiger partial charge in [0.1, 0.15) is 19.5 Å². The molecule has 0 amide bonds. The molecule has 0 aliphatic rings. The lowest BCUT2D eigenvalue weighted by Gasteiger charge is -2.15. The Morgan fingerprint density at radius 1 is 1.00 bits per heavy atom. The minimum absolute atomic E-state index is 0.617. The maximum Gasteiger partial charge on any atom is 0.120 e. The normalized spacial score (nSPS) is 11.3. The van der Waals surface area contributed by atoms with Crippen LogP contribution in [-0.4, -0.2) is 26.5 Å². The van der Waals surface area contributed by atoms with Crippen molar-refractivity contribution >= 4 is 11.9 Å². The van der Waals surface area contributed by atoms with Gasteiger partial charge in [-0.3, -0.25) is 0 Å². The zero-order valence-electron chi connectivity index (χ0n) is 18.2. The molecule has 0 spiro atoms. The van der Waals surface area contributed by atoms with Crippen molar-refractivity contribution in [1.29, 1.82) is 0 Å². The Hall–Kier alpha value is -2.75. The van der Waals surface area contributed by atoms with Crippen molar-refractivity contribution in [3.05, 3.63) is 70.8 Å². The second kappa shape index (κ2) is 12.7. The molecule has 0 radical (unpaired) electrons. The molecule has 4 nitrogen and oxygen atoms in total. The Kier molecular flexibility index (Phi) is 9.84. The number of oxime groups is 1. The van der Waals surface area contributed by atoms with Gasteiger partial charge in [-0.25, -0.2) is 0 Å². The molecule has 0 saturated carbocycles. The van der Waals surface area contributed by atoms with Crippen LogP contribution in [0.25, 0.3) is 0 Å². The van der Waals surface area contributed by atoms with Crippen molar-refractivity contribution in [3.8, 4) is 5.75 Å². The topological polar surface area (TPSA) is 42.8 Å². The second-order valence-electron chi connectivity index (χ2n) is 7.21. The third-order valence-electron chi connectivity index (χ3n) is 4.82. The van der Waals surface area contributed by atoms with Gasteiger partial charge in [-0.1, -0.05) is 48.0 Å². The highest BCUT2D eigenvalue weighted by atomic mass is 16.6. The molecule has 2 rings (SSSR count). The lowest BCUT2D eigenvalue weighted by atomic mass is 10.0. The van der Waals surface area contributed by atoms with E-state index in [9.17, 15) is 0 Å². The van der Waals surface area contributed by atoms with Crippen LogP contribution in [0.1, 0.15) is 48.4 Å². The van der Waals surface area contributed by atoms with Gasteiger partial charge in [-0.2, -0.15) is 0 Å². The van der Waals surface area contributed by atoms with E-state index in [1.807, 2.05) is 19.1 Å². The second-order valence-corrected chi connectivity index (χ2v) is 7.21. The fourth-order valence-electron chi connectivity index (χ4n) is 3.25. The smallest absolute Gasteiger partial charge is 0.120 e. The number of unbranched alkanes of at least 4 members (excludes halogenated alkanes) is 2. The number of hydrogen-bond acceptors (Lipinski definition) is 4. The van der Waals surface area contributed by atoms with Gasteiger partial charge in [0, 0.05) is 12.2 Å². The Bertz CT molecular complexity index is 772. The summed E-state index contributed by atoms with van der Waals surface area (Å²) >= 11 is 0. The largest absolute Gasteiger partial charge is 0.490 e. The van der Waals surface area contributed by atoms with Crippen molar-refractivity contribution in [2.75, 3.05) is 25.6 Å². The van der Waals surface area contributed by atoms with Gasteiger partial charge in [0.25, 0.3) is 0 Å². The van der Waals surface area contributed by atoms with Crippen molar-refractivity contribution < 1.29 is 9.57 Å². The molecule has 156 valence electrons. The van der Waals surface area contributed by atoms with Gasteiger partial charge >= 0.3 is 0 Å². The van der Waals surface area contributed by atoms with Gasteiger partial charge in [-0.15, -0.1) is 0 Å². The molecule has 0 unspecified atom stereocenters. The summed E-state index contributed by atoms with van der Waals surface area (Å²) < 4.78 is 5.76. The van der Waals surface area contributed by atoms with E-state index in [4.69, 9.17) is 9.57 Å². The lowest BCUT2D eigenvalue weighted by Crippen LogP contribution is -2.05. The highest BCUT2D eigenvalue weighted by Crippen LogP contribution is 2.26. The first-order chi connectivity index (χ1) is 14.1. The number of benzene rings is 2. The monoisotopic (exact) mass is 394 g/mol. The van der Waals surface area contributed by atoms with Crippen LogP contribution in [0.3, 0.4) is 0 Å². The molecule has 29 heavy (non-hydrogen) atoms. The lowest BCUT2D eigenvalue weighted by molar-refractivity contribution is 0.215. The summed E-state index contributed by atoms with van der Waals surface area (Å²) in [5, 5.41) is 7.39. The first kappa shape index (κ1) is 22.5. The van der Waals surface area contributed by atoms with Crippen LogP contribution in [0.2, 0.25) is 0 Å². The first-order valence-electron chi connectivity index (χ1n) is 10.4. The maximum absolute atomic E-state index is 5.76.